The molecule has 0 saturated carbocycles. The van der Waals surface area contributed by atoms with Crippen LogP contribution in [0.25, 0.3) is 0 Å². The Morgan fingerprint density at radius 2 is 1.39 bits per heavy atom. The summed E-state index contributed by atoms with van der Waals surface area (Å²) >= 11 is 0. The minimum atomic E-state index is -1.50. The third-order valence-electron chi connectivity index (χ3n) is 1.52. The van der Waals surface area contributed by atoms with Crippen LogP contribution in [0.5, 0.6) is 0 Å². The SMILES string of the molecule is CC(C)=C(F)C(=O)O.CCOC(=O)C(F)=C(C)C. The third-order valence-corrected chi connectivity index (χ3v) is 1.52. The van der Waals surface area contributed by atoms with Crippen LogP contribution in [-0.2, 0) is 14.3 Å². The number of allylic oxidation sites excluding steroid dienone is 2. The molecule has 0 rings (SSSR count). The summed E-state index contributed by atoms with van der Waals surface area (Å²) in [6.07, 6.45) is 0. The van der Waals surface area contributed by atoms with Gasteiger partial charge in [0.25, 0.3) is 0 Å². The second kappa shape index (κ2) is 9.32. The van der Waals surface area contributed by atoms with Crippen molar-refractivity contribution in [1.29, 1.82) is 0 Å². The van der Waals surface area contributed by atoms with Gasteiger partial charge in [0.15, 0.2) is 0 Å². The maximum absolute atomic E-state index is 12.5. The van der Waals surface area contributed by atoms with Crippen molar-refractivity contribution in [3.8, 4) is 0 Å². The maximum atomic E-state index is 12.5. The standard InChI is InChI=1S/C7H11FO2.C5H7FO2/c1-4-10-7(9)6(8)5(2)3;1-3(2)4(6)5(7)8/h4H2,1-3H3;1-2H3,(H,7,8). The second-order valence-electron chi connectivity index (χ2n) is 3.65. The van der Waals surface area contributed by atoms with Crippen LogP contribution < -0.4 is 0 Å². The molecular formula is C12H18F2O4. The molecule has 0 aromatic carbocycles. The zero-order valence-corrected chi connectivity index (χ0v) is 11.1. The van der Waals surface area contributed by atoms with E-state index in [0.717, 1.165) is 0 Å². The van der Waals surface area contributed by atoms with Gasteiger partial charge in [-0.2, -0.15) is 8.78 Å². The molecule has 0 aromatic heterocycles. The van der Waals surface area contributed by atoms with E-state index in [9.17, 15) is 18.4 Å². The lowest BCUT2D eigenvalue weighted by Crippen LogP contribution is -2.05. The van der Waals surface area contributed by atoms with Gasteiger partial charge in [-0.05, 0) is 45.8 Å². The van der Waals surface area contributed by atoms with Crippen LogP contribution in [0.2, 0.25) is 0 Å². The summed E-state index contributed by atoms with van der Waals surface area (Å²) in [5.74, 6) is -4.22. The monoisotopic (exact) mass is 264 g/mol. The first-order valence-corrected chi connectivity index (χ1v) is 5.21. The van der Waals surface area contributed by atoms with Crippen molar-refractivity contribution in [2.45, 2.75) is 34.6 Å². The molecule has 6 heteroatoms. The Labute approximate surface area is 105 Å². The van der Waals surface area contributed by atoms with Crippen LogP contribution in [0.3, 0.4) is 0 Å². The van der Waals surface area contributed by atoms with Crippen LogP contribution in [-0.4, -0.2) is 23.7 Å². The highest BCUT2D eigenvalue weighted by Gasteiger charge is 2.09. The lowest BCUT2D eigenvalue weighted by molar-refractivity contribution is -0.140. The fourth-order valence-corrected chi connectivity index (χ4v) is 0.612. The summed E-state index contributed by atoms with van der Waals surface area (Å²) in [5, 5.41) is 7.92. The number of carbonyl (C=O) groups is 2. The van der Waals surface area contributed by atoms with Crippen molar-refractivity contribution in [3.63, 3.8) is 0 Å². The summed E-state index contributed by atoms with van der Waals surface area (Å²) in [6.45, 7) is 7.70. The van der Waals surface area contributed by atoms with Crippen molar-refractivity contribution < 1.29 is 28.2 Å². The molecule has 1 N–H and O–H groups in total. The minimum absolute atomic E-state index is 0.192. The number of carboxylic acids is 1. The lowest BCUT2D eigenvalue weighted by atomic mass is 10.3. The Morgan fingerprint density at radius 1 is 1.00 bits per heavy atom. The summed E-state index contributed by atoms with van der Waals surface area (Å²) in [7, 11) is 0. The number of aliphatic carboxylic acids is 1. The molecule has 0 heterocycles. The van der Waals surface area contributed by atoms with Gasteiger partial charge in [-0.1, -0.05) is 0 Å². The van der Waals surface area contributed by atoms with Crippen LogP contribution >= 0.6 is 0 Å². The molecule has 0 bridgehead atoms. The molecule has 0 spiro atoms. The van der Waals surface area contributed by atoms with E-state index >= 15 is 0 Å². The molecule has 0 aliphatic heterocycles. The summed E-state index contributed by atoms with van der Waals surface area (Å²) < 4.78 is 28.8. The first-order chi connectivity index (χ1) is 8.14. The Balaban J connectivity index is 0. The first-order valence-electron chi connectivity index (χ1n) is 5.21. The van der Waals surface area contributed by atoms with Crippen molar-refractivity contribution in [2.24, 2.45) is 0 Å². The Hall–Kier alpha value is -1.72. The van der Waals surface area contributed by atoms with E-state index in [1.807, 2.05) is 0 Å². The van der Waals surface area contributed by atoms with Gasteiger partial charge in [0.1, 0.15) is 0 Å². The molecule has 104 valence electrons. The Morgan fingerprint density at radius 3 is 1.56 bits per heavy atom. The average Bonchev–Trinajstić information content (AvgIpc) is 2.27. The topological polar surface area (TPSA) is 63.6 Å². The van der Waals surface area contributed by atoms with Gasteiger partial charge < -0.3 is 9.84 Å². The molecule has 0 aliphatic rings. The van der Waals surface area contributed by atoms with Crippen molar-refractivity contribution in [3.05, 3.63) is 22.8 Å². The second-order valence-corrected chi connectivity index (χ2v) is 3.65. The van der Waals surface area contributed by atoms with Crippen molar-refractivity contribution >= 4 is 11.9 Å². The molecule has 18 heavy (non-hydrogen) atoms. The summed E-state index contributed by atoms with van der Waals surface area (Å²) in [4.78, 5) is 20.2. The van der Waals surface area contributed by atoms with Crippen molar-refractivity contribution in [1.82, 2.24) is 0 Å². The van der Waals surface area contributed by atoms with E-state index < -0.39 is 23.6 Å². The molecule has 0 fully saturated rings. The van der Waals surface area contributed by atoms with Gasteiger partial charge in [-0.15, -0.1) is 0 Å². The quantitative estimate of drug-likeness (QED) is 0.628. The number of hydrogen-bond acceptors (Lipinski definition) is 3. The van der Waals surface area contributed by atoms with Crippen LogP contribution in [0.1, 0.15) is 34.6 Å². The van der Waals surface area contributed by atoms with Gasteiger partial charge in [0, 0.05) is 0 Å². The Kier molecular flexibility index (Phi) is 9.66. The number of ether oxygens (including phenoxy) is 1. The Bertz CT molecular complexity index is 362. The predicted octanol–water partition coefficient (Wildman–Crippen LogP) is 3.15. The largest absolute Gasteiger partial charge is 0.476 e. The average molecular weight is 264 g/mol. The number of hydrogen-bond donors (Lipinski definition) is 1. The van der Waals surface area contributed by atoms with Crippen LogP contribution in [0.4, 0.5) is 8.78 Å². The molecule has 0 amide bonds. The number of halogens is 2. The van der Waals surface area contributed by atoms with Gasteiger partial charge in [-0.3, -0.25) is 0 Å². The molecule has 0 aliphatic carbocycles. The van der Waals surface area contributed by atoms with Crippen LogP contribution in [0, 0.1) is 0 Å². The van der Waals surface area contributed by atoms with Gasteiger partial charge >= 0.3 is 11.9 Å². The molecule has 0 atom stereocenters. The van der Waals surface area contributed by atoms with Crippen molar-refractivity contribution in [2.75, 3.05) is 6.61 Å². The van der Waals surface area contributed by atoms with Gasteiger partial charge in [-0.25, -0.2) is 9.59 Å². The lowest BCUT2D eigenvalue weighted by Gasteiger charge is -1.98. The third kappa shape index (κ3) is 8.43. The molecule has 0 saturated heterocycles. The minimum Gasteiger partial charge on any atom is -0.476 e. The van der Waals surface area contributed by atoms with Gasteiger partial charge in [0.2, 0.25) is 11.7 Å². The number of carbonyl (C=O) groups excluding carboxylic acids is 1. The predicted molar refractivity (Wildman–Crippen MR) is 63.2 cm³/mol. The molecule has 0 radical (unpaired) electrons. The van der Waals surface area contributed by atoms with E-state index in [1.165, 1.54) is 27.7 Å². The van der Waals surface area contributed by atoms with E-state index in [1.54, 1.807) is 6.92 Å². The van der Waals surface area contributed by atoms with Crippen LogP contribution in [0.15, 0.2) is 22.8 Å². The molecule has 4 nitrogen and oxygen atoms in total. The first kappa shape index (κ1) is 18.6. The number of esters is 1. The zero-order valence-electron chi connectivity index (χ0n) is 11.1. The number of carboxylic acid groups (broad SMARTS) is 1. The van der Waals surface area contributed by atoms with E-state index in [4.69, 9.17) is 5.11 Å². The normalized spacial score (nSPS) is 8.61. The molecule has 0 unspecified atom stereocenters. The smallest absolute Gasteiger partial charge is 0.367 e. The van der Waals surface area contributed by atoms with E-state index in [-0.39, 0.29) is 12.2 Å². The van der Waals surface area contributed by atoms with E-state index in [2.05, 4.69) is 4.74 Å². The molecular weight excluding hydrogens is 246 g/mol. The highest BCUT2D eigenvalue weighted by molar-refractivity contribution is 5.86. The number of rotatable bonds is 3. The highest BCUT2D eigenvalue weighted by atomic mass is 19.1. The summed E-state index contributed by atoms with van der Waals surface area (Å²) in [6, 6.07) is 0. The summed E-state index contributed by atoms with van der Waals surface area (Å²) in [5.41, 5.74) is 0.538. The fourth-order valence-electron chi connectivity index (χ4n) is 0.612. The zero-order chi connectivity index (χ0) is 14.9. The fraction of sp³-hybridized carbons (Fsp3) is 0.500. The van der Waals surface area contributed by atoms with E-state index in [0.29, 0.717) is 5.57 Å². The maximum Gasteiger partial charge on any atom is 0.367 e. The highest BCUT2D eigenvalue weighted by Crippen LogP contribution is 2.06. The molecule has 0 aromatic rings. The van der Waals surface area contributed by atoms with Gasteiger partial charge in [0.05, 0.1) is 6.61 Å².